The first-order valence-corrected chi connectivity index (χ1v) is 13.1. The Balaban J connectivity index is 1.56. The Morgan fingerprint density at radius 1 is 0.769 bits per heavy atom. The van der Waals surface area contributed by atoms with Gasteiger partial charge < -0.3 is 14.8 Å². The van der Waals surface area contributed by atoms with Crippen molar-refractivity contribution in [2.45, 2.75) is 23.9 Å². The number of carbonyl (C=O) groups is 2. The summed E-state index contributed by atoms with van der Waals surface area (Å²) in [6.07, 6.45) is 0.374. The fraction of sp³-hybridized carbons (Fsp3) is 0.212. The van der Waals surface area contributed by atoms with Crippen molar-refractivity contribution in [1.29, 1.82) is 0 Å². The molecule has 7 rings (SSSR count). The summed E-state index contributed by atoms with van der Waals surface area (Å²) in [5.74, 6) is 0.449. The molecule has 194 valence electrons. The molecule has 4 atom stereocenters. The molecule has 39 heavy (non-hydrogen) atoms. The topological polar surface area (TPSA) is 76.7 Å². The molecule has 4 aromatic carbocycles. The first-order valence-electron chi connectivity index (χ1n) is 13.1. The van der Waals surface area contributed by atoms with Crippen molar-refractivity contribution in [3.8, 4) is 11.5 Å². The van der Waals surface area contributed by atoms with Gasteiger partial charge in [0.05, 0.1) is 19.6 Å². The number of carbonyl (C=O) groups excluding carboxylic acids is 2. The zero-order chi connectivity index (χ0) is 26.8. The van der Waals surface area contributed by atoms with E-state index in [0.29, 0.717) is 23.5 Å². The number of hydrogen-bond acceptors (Lipinski definition) is 5. The standard InChI is InChI=1S/C33H28N2O4/c1-38-26-17-22-19-32(30(36)23(22)18-27(26)39-2)28(20-11-5-3-6-12-20)29(21-13-7-4-8-14-21)35-33(32)24-15-9-10-16-25(24)34-31(33)37/h3-18,28-29,35H,19H2,1-2H3,(H,34,37)/t28-,29-,32-,33-/m1/s1. The van der Waals surface area contributed by atoms with Crippen LogP contribution in [0.5, 0.6) is 11.5 Å². The van der Waals surface area contributed by atoms with Crippen LogP contribution in [0.1, 0.15) is 44.6 Å². The van der Waals surface area contributed by atoms with Crippen molar-refractivity contribution >= 4 is 17.4 Å². The van der Waals surface area contributed by atoms with Crippen molar-refractivity contribution in [2.75, 3.05) is 19.5 Å². The van der Waals surface area contributed by atoms with E-state index in [2.05, 4.69) is 34.9 Å². The summed E-state index contributed by atoms with van der Waals surface area (Å²) < 4.78 is 11.2. The molecular formula is C33H28N2O4. The van der Waals surface area contributed by atoms with Gasteiger partial charge in [-0.15, -0.1) is 0 Å². The van der Waals surface area contributed by atoms with Crippen LogP contribution >= 0.6 is 0 Å². The number of anilines is 1. The van der Waals surface area contributed by atoms with Gasteiger partial charge in [-0.3, -0.25) is 14.9 Å². The Morgan fingerprint density at radius 3 is 2.08 bits per heavy atom. The van der Waals surface area contributed by atoms with Gasteiger partial charge in [0.25, 0.3) is 5.91 Å². The van der Waals surface area contributed by atoms with E-state index in [4.69, 9.17) is 9.47 Å². The number of ketones is 1. The van der Waals surface area contributed by atoms with Crippen molar-refractivity contribution in [1.82, 2.24) is 5.32 Å². The average Bonchev–Trinajstić information content (AvgIpc) is 3.56. The second-order valence-corrected chi connectivity index (χ2v) is 10.5. The molecule has 1 amide bonds. The lowest BCUT2D eigenvalue weighted by atomic mass is 9.58. The normalized spacial score (nSPS) is 26.5. The molecule has 6 heteroatoms. The Labute approximate surface area is 227 Å². The maximum atomic E-state index is 15.0. The highest BCUT2D eigenvalue weighted by molar-refractivity contribution is 6.16. The van der Waals surface area contributed by atoms with Crippen LogP contribution < -0.4 is 20.1 Å². The maximum absolute atomic E-state index is 15.0. The molecule has 0 radical (unpaired) electrons. The van der Waals surface area contributed by atoms with Crippen LogP contribution in [0, 0.1) is 5.41 Å². The van der Waals surface area contributed by atoms with Gasteiger partial charge in [0, 0.05) is 28.8 Å². The van der Waals surface area contributed by atoms with E-state index in [1.165, 1.54) is 0 Å². The molecule has 1 saturated heterocycles. The molecule has 0 aromatic heterocycles. The fourth-order valence-electron chi connectivity index (χ4n) is 7.33. The minimum absolute atomic E-state index is 0.0647. The van der Waals surface area contributed by atoms with Crippen LogP contribution in [-0.4, -0.2) is 25.9 Å². The zero-order valence-electron chi connectivity index (χ0n) is 21.7. The van der Waals surface area contributed by atoms with Crippen molar-refractivity contribution in [3.05, 3.63) is 125 Å². The van der Waals surface area contributed by atoms with Crippen LogP contribution in [0.15, 0.2) is 97.1 Å². The quantitative estimate of drug-likeness (QED) is 0.380. The Bertz CT molecular complexity index is 1620. The smallest absolute Gasteiger partial charge is 0.250 e. The molecule has 1 aliphatic carbocycles. The van der Waals surface area contributed by atoms with Gasteiger partial charge in [0.2, 0.25) is 0 Å². The molecule has 4 aromatic rings. The lowest BCUT2D eigenvalue weighted by molar-refractivity contribution is -0.124. The SMILES string of the molecule is COc1cc2c(cc1OC)C(=O)[C@@]1(C2)[C@H](c2ccccc2)[C@@H](c2ccccc2)N[C@]12C(=O)Nc1ccccc12. The van der Waals surface area contributed by atoms with Crippen molar-refractivity contribution in [3.63, 3.8) is 0 Å². The summed E-state index contributed by atoms with van der Waals surface area (Å²) in [7, 11) is 3.16. The van der Waals surface area contributed by atoms with Crippen molar-refractivity contribution < 1.29 is 19.1 Å². The third-order valence-corrected chi connectivity index (χ3v) is 8.87. The molecule has 0 unspecified atom stereocenters. The van der Waals surface area contributed by atoms with Gasteiger partial charge >= 0.3 is 0 Å². The minimum Gasteiger partial charge on any atom is -0.493 e. The number of amides is 1. The molecule has 0 bridgehead atoms. The predicted molar refractivity (Wildman–Crippen MR) is 148 cm³/mol. The first-order chi connectivity index (χ1) is 19.0. The molecule has 2 aliphatic heterocycles. The van der Waals surface area contributed by atoms with Crippen LogP contribution in [0.25, 0.3) is 0 Å². The highest BCUT2D eigenvalue weighted by Crippen LogP contribution is 2.68. The van der Waals surface area contributed by atoms with Crippen molar-refractivity contribution in [2.24, 2.45) is 5.41 Å². The third kappa shape index (κ3) is 3.00. The van der Waals surface area contributed by atoms with Crippen LogP contribution in [-0.2, 0) is 16.8 Å². The van der Waals surface area contributed by atoms with Gasteiger partial charge in [0.1, 0.15) is 5.54 Å². The number of para-hydroxylation sites is 1. The Morgan fingerprint density at radius 2 is 1.38 bits per heavy atom. The number of Topliss-reactive ketones (excluding diaryl/α,β-unsaturated/α-hetero) is 1. The van der Waals surface area contributed by atoms with E-state index in [1.54, 1.807) is 20.3 Å². The highest BCUT2D eigenvalue weighted by Gasteiger charge is 2.75. The second kappa shape index (κ2) is 8.55. The molecule has 2 spiro atoms. The first kappa shape index (κ1) is 23.7. The largest absolute Gasteiger partial charge is 0.493 e. The molecule has 0 saturated carbocycles. The summed E-state index contributed by atoms with van der Waals surface area (Å²) in [6, 6.07) is 31.3. The summed E-state index contributed by atoms with van der Waals surface area (Å²) in [6.45, 7) is 0. The molecule has 1 fully saturated rings. The van der Waals surface area contributed by atoms with Gasteiger partial charge in [-0.1, -0.05) is 78.9 Å². The lowest BCUT2D eigenvalue weighted by Gasteiger charge is -2.41. The number of methoxy groups -OCH3 is 2. The van der Waals surface area contributed by atoms with E-state index in [9.17, 15) is 4.79 Å². The monoisotopic (exact) mass is 516 g/mol. The van der Waals surface area contributed by atoms with Crippen LogP contribution in [0.3, 0.4) is 0 Å². The van der Waals surface area contributed by atoms with Crippen LogP contribution in [0.2, 0.25) is 0 Å². The summed E-state index contributed by atoms with van der Waals surface area (Å²) in [5.41, 5.74) is 2.55. The zero-order valence-corrected chi connectivity index (χ0v) is 21.7. The molecule has 2 heterocycles. The number of hydrogen-bond donors (Lipinski definition) is 2. The van der Waals surface area contributed by atoms with Crippen LogP contribution in [0.4, 0.5) is 5.69 Å². The van der Waals surface area contributed by atoms with Gasteiger partial charge in [-0.05, 0) is 41.3 Å². The summed E-state index contributed by atoms with van der Waals surface area (Å²) in [4.78, 5) is 29.4. The lowest BCUT2D eigenvalue weighted by Crippen LogP contribution is -2.57. The fourth-order valence-corrected chi connectivity index (χ4v) is 7.33. The Hall–Kier alpha value is -4.42. The van der Waals surface area contributed by atoms with Gasteiger partial charge in [0.15, 0.2) is 17.3 Å². The minimum atomic E-state index is -1.29. The number of rotatable bonds is 4. The second-order valence-electron chi connectivity index (χ2n) is 10.5. The molecule has 3 aliphatic rings. The number of benzene rings is 4. The van der Waals surface area contributed by atoms with E-state index in [1.807, 2.05) is 66.7 Å². The average molecular weight is 517 g/mol. The highest BCUT2D eigenvalue weighted by atomic mass is 16.5. The van der Waals surface area contributed by atoms with E-state index in [-0.39, 0.29) is 23.7 Å². The van der Waals surface area contributed by atoms with E-state index < -0.39 is 11.0 Å². The van der Waals surface area contributed by atoms with Gasteiger partial charge in [-0.25, -0.2) is 0 Å². The number of fused-ring (bicyclic) bond motifs is 4. The summed E-state index contributed by atoms with van der Waals surface area (Å²) >= 11 is 0. The molecular weight excluding hydrogens is 488 g/mol. The maximum Gasteiger partial charge on any atom is 0.250 e. The predicted octanol–water partition coefficient (Wildman–Crippen LogP) is 5.40. The molecule has 6 nitrogen and oxygen atoms in total. The number of nitrogens with one attached hydrogen (secondary N) is 2. The Kier molecular flexibility index (Phi) is 5.19. The van der Waals surface area contributed by atoms with E-state index >= 15 is 4.79 Å². The third-order valence-electron chi connectivity index (χ3n) is 8.87. The van der Waals surface area contributed by atoms with E-state index in [0.717, 1.165) is 27.9 Å². The molecule has 2 N–H and O–H groups in total. The van der Waals surface area contributed by atoms with Gasteiger partial charge in [-0.2, -0.15) is 0 Å². The number of ether oxygens (including phenoxy) is 2. The summed E-state index contributed by atoms with van der Waals surface area (Å²) in [5, 5.41) is 6.91.